The van der Waals surface area contributed by atoms with Gasteiger partial charge in [-0.05, 0) is 19.7 Å². The fourth-order valence-electron chi connectivity index (χ4n) is 1.80. The number of likely N-dealkylation sites (N-methyl/N-ethyl adjacent to an activating group) is 1. The van der Waals surface area contributed by atoms with Crippen LogP contribution in [-0.2, 0) is 6.54 Å². The zero-order chi connectivity index (χ0) is 17.3. The third-order valence-electron chi connectivity index (χ3n) is 3.19. The summed E-state index contributed by atoms with van der Waals surface area (Å²) in [6.07, 6.45) is -4.71. The lowest BCUT2D eigenvalue weighted by Crippen LogP contribution is -2.40. The summed E-state index contributed by atoms with van der Waals surface area (Å²) >= 11 is 0. The molecule has 0 aliphatic rings. The number of benzene rings is 1. The van der Waals surface area contributed by atoms with Gasteiger partial charge in [-0.25, -0.2) is 0 Å². The standard InChI is InChI=1S/C15H23F3N4O/c1-4-22(3)10-9-20-14(19-2)21-11-12-7-5-6-8-13(12)23-15(16,17)18/h5-8H,4,9-11H2,1-3H3,(H2,19,20,21). The summed E-state index contributed by atoms with van der Waals surface area (Å²) in [6.45, 7) is 4.70. The number of alkyl halides is 3. The Morgan fingerprint density at radius 2 is 1.96 bits per heavy atom. The van der Waals surface area contributed by atoms with Crippen molar-refractivity contribution < 1.29 is 17.9 Å². The van der Waals surface area contributed by atoms with Crippen LogP contribution in [0.25, 0.3) is 0 Å². The molecule has 0 radical (unpaired) electrons. The van der Waals surface area contributed by atoms with Crippen LogP contribution in [0.5, 0.6) is 5.75 Å². The molecule has 0 amide bonds. The average Bonchev–Trinajstić information content (AvgIpc) is 2.50. The van der Waals surface area contributed by atoms with E-state index in [4.69, 9.17) is 0 Å². The van der Waals surface area contributed by atoms with Crippen molar-refractivity contribution in [1.82, 2.24) is 15.5 Å². The quantitative estimate of drug-likeness (QED) is 0.594. The Morgan fingerprint density at radius 1 is 1.26 bits per heavy atom. The van der Waals surface area contributed by atoms with Crippen LogP contribution in [0.4, 0.5) is 13.2 Å². The topological polar surface area (TPSA) is 48.9 Å². The van der Waals surface area contributed by atoms with E-state index in [2.05, 4.69) is 32.2 Å². The van der Waals surface area contributed by atoms with Crippen molar-refractivity contribution in [2.24, 2.45) is 4.99 Å². The van der Waals surface area contributed by atoms with E-state index in [-0.39, 0.29) is 12.3 Å². The minimum atomic E-state index is -4.71. The number of nitrogens with zero attached hydrogens (tertiary/aromatic N) is 2. The van der Waals surface area contributed by atoms with Gasteiger partial charge in [-0.3, -0.25) is 4.99 Å². The number of para-hydroxylation sites is 1. The smallest absolute Gasteiger partial charge is 0.405 e. The molecule has 0 aliphatic heterocycles. The molecule has 1 aromatic rings. The molecule has 2 N–H and O–H groups in total. The van der Waals surface area contributed by atoms with Gasteiger partial charge in [0.1, 0.15) is 5.75 Å². The van der Waals surface area contributed by atoms with Gasteiger partial charge in [-0.1, -0.05) is 25.1 Å². The van der Waals surface area contributed by atoms with Gasteiger partial charge in [0.15, 0.2) is 5.96 Å². The molecular formula is C15H23F3N4O. The fourth-order valence-corrected chi connectivity index (χ4v) is 1.80. The van der Waals surface area contributed by atoms with Crippen LogP contribution in [0.1, 0.15) is 12.5 Å². The normalized spacial score (nSPS) is 12.4. The summed E-state index contributed by atoms with van der Waals surface area (Å²) in [5.74, 6) is 0.310. The Hall–Kier alpha value is -1.96. The van der Waals surface area contributed by atoms with Crippen LogP contribution in [0, 0.1) is 0 Å². The first kappa shape index (κ1) is 19.1. The van der Waals surface area contributed by atoms with E-state index >= 15 is 0 Å². The Morgan fingerprint density at radius 3 is 2.57 bits per heavy atom. The molecule has 0 heterocycles. The van der Waals surface area contributed by atoms with E-state index < -0.39 is 6.36 Å². The molecule has 0 aromatic heterocycles. The van der Waals surface area contributed by atoms with Gasteiger partial charge in [0.25, 0.3) is 0 Å². The highest BCUT2D eigenvalue weighted by molar-refractivity contribution is 5.79. The predicted molar refractivity (Wildman–Crippen MR) is 84.5 cm³/mol. The number of guanidine groups is 1. The second-order valence-electron chi connectivity index (χ2n) is 4.90. The predicted octanol–water partition coefficient (Wildman–Crippen LogP) is 2.20. The monoisotopic (exact) mass is 332 g/mol. The third kappa shape index (κ3) is 7.73. The molecule has 8 heteroatoms. The molecule has 0 aliphatic carbocycles. The summed E-state index contributed by atoms with van der Waals surface area (Å²) < 4.78 is 41.2. The highest BCUT2D eigenvalue weighted by atomic mass is 19.4. The zero-order valence-corrected chi connectivity index (χ0v) is 13.6. The highest BCUT2D eigenvalue weighted by Gasteiger charge is 2.31. The van der Waals surface area contributed by atoms with Crippen LogP contribution in [0.2, 0.25) is 0 Å². The summed E-state index contributed by atoms with van der Waals surface area (Å²) in [5, 5.41) is 6.08. The molecular weight excluding hydrogens is 309 g/mol. The van der Waals surface area contributed by atoms with E-state index in [1.54, 1.807) is 19.2 Å². The molecule has 0 saturated carbocycles. The molecule has 0 spiro atoms. The molecule has 0 unspecified atom stereocenters. The first-order chi connectivity index (χ1) is 10.9. The van der Waals surface area contributed by atoms with E-state index in [9.17, 15) is 13.2 Å². The first-order valence-electron chi connectivity index (χ1n) is 7.32. The number of hydrogen-bond donors (Lipinski definition) is 2. The lowest BCUT2D eigenvalue weighted by Gasteiger charge is -2.17. The molecule has 0 atom stereocenters. The summed E-state index contributed by atoms with van der Waals surface area (Å²) in [4.78, 5) is 6.17. The van der Waals surface area contributed by atoms with E-state index in [1.165, 1.54) is 12.1 Å². The maximum atomic E-state index is 12.4. The van der Waals surface area contributed by atoms with E-state index in [1.807, 2.05) is 7.05 Å². The van der Waals surface area contributed by atoms with Crippen molar-refractivity contribution in [1.29, 1.82) is 0 Å². The Balaban J connectivity index is 2.56. The molecule has 23 heavy (non-hydrogen) atoms. The Kier molecular flexibility index (Phi) is 7.67. The van der Waals surface area contributed by atoms with Crippen molar-refractivity contribution >= 4 is 5.96 Å². The molecule has 0 bridgehead atoms. The molecule has 0 saturated heterocycles. The number of ether oxygens (including phenoxy) is 1. The zero-order valence-electron chi connectivity index (χ0n) is 13.6. The van der Waals surface area contributed by atoms with Crippen molar-refractivity contribution in [2.75, 3.05) is 33.7 Å². The van der Waals surface area contributed by atoms with Gasteiger partial charge in [-0.15, -0.1) is 13.2 Å². The SMILES string of the molecule is CCN(C)CCNC(=NC)NCc1ccccc1OC(F)(F)F. The largest absolute Gasteiger partial charge is 0.573 e. The average molecular weight is 332 g/mol. The molecule has 1 aromatic carbocycles. The van der Waals surface area contributed by atoms with Crippen LogP contribution in [0.3, 0.4) is 0 Å². The van der Waals surface area contributed by atoms with Crippen molar-refractivity contribution in [2.45, 2.75) is 19.8 Å². The van der Waals surface area contributed by atoms with Gasteiger partial charge < -0.3 is 20.3 Å². The minimum Gasteiger partial charge on any atom is -0.405 e. The van der Waals surface area contributed by atoms with Crippen LogP contribution in [0.15, 0.2) is 29.3 Å². The van der Waals surface area contributed by atoms with Gasteiger partial charge >= 0.3 is 6.36 Å². The first-order valence-corrected chi connectivity index (χ1v) is 7.32. The van der Waals surface area contributed by atoms with Crippen molar-refractivity contribution in [3.05, 3.63) is 29.8 Å². The van der Waals surface area contributed by atoms with Crippen molar-refractivity contribution in [3.8, 4) is 5.75 Å². The van der Waals surface area contributed by atoms with Gasteiger partial charge in [0, 0.05) is 32.2 Å². The summed E-state index contributed by atoms with van der Waals surface area (Å²) in [6, 6.07) is 6.02. The molecule has 1 rings (SSSR count). The lowest BCUT2D eigenvalue weighted by molar-refractivity contribution is -0.274. The van der Waals surface area contributed by atoms with Crippen LogP contribution >= 0.6 is 0 Å². The fraction of sp³-hybridized carbons (Fsp3) is 0.533. The van der Waals surface area contributed by atoms with E-state index in [0.29, 0.717) is 18.1 Å². The highest BCUT2D eigenvalue weighted by Crippen LogP contribution is 2.25. The molecule has 0 fully saturated rings. The van der Waals surface area contributed by atoms with E-state index in [0.717, 1.165) is 13.1 Å². The minimum absolute atomic E-state index is 0.176. The molecule has 130 valence electrons. The summed E-state index contributed by atoms with van der Waals surface area (Å²) in [7, 11) is 3.61. The Bertz CT molecular complexity index is 506. The number of nitrogens with one attached hydrogen (secondary N) is 2. The van der Waals surface area contributed by atoms with Crippen molar-refractivity contribution in [3.63, 3.8) is 0 Å². The van der Waals surface area contributed by atoms with Gasteiger partial charge in [-0.2, -0.15) is 0 Å². The second-order valence-corrected chi connectivity index (χ2v) is 4.90. The maximum absolute atomic E-state index is 12.4. The second kappa shape index (κ2) is 9.24. The number of hydrogen-bond acceptors (Lipinski definition) is 3. The van der Waals surface area contributed by atoms with Crippen LogP contribution in [-0.4, -0.2) is 51.0 Å². The lowest BCUT2D eigenvalue weighted by atomic mass is 10.2. The summed E-state index contributed by atoms with van der Waals surface area (Å²) in [5.41, 5.74) is 0.401. The number of rotatable bonds is 7. The Labute approximate surface area is 134 Å². The van der Waals surface area contributed by atoms with Gasteiger partial charge in [0.2, 0.25) is 0 Å². The van der Waals surface area contributed by atoms with Crippen LogP contribution < -0.4 is 15.4 Å². The number of aliphatic imine (C=N–C) groups is 1. The third-order valence-corrected chi connectivity index (χ3v) is 3.19. The molecule has 5 nitrogen and oxygen atoms in total. The number of halogens is 3. The maximum Gasteiger partial charge on any atom is 0.573 e. The van der Waals surface area contributed by atoms with Gasteiger partial charge in [0.05, 0.1) is 0 Å².